The number of allylic oxidation sites excluding steroid dienone is 5. The maximum atomic E-state index is 13.7. The molecule has 2 aromatic rings. The van der Waals surface area contributed by atoms with Crippen molar-refractivity contribution in [1.82, 2.24) is 45.3 Å². The zero-order chi connectivity index (χ0) is 40.5. The molecule has 15 heteroatoms. The number of H-pyrrole nitrogens is 2. The van der Waals surface area contributed by atoms with E-state index in [1.165, 1.54) is 14.2 Å². The van der Waals surface area contributed by atoms with Crippen LogP contribution in [0.4, 0.5) is 9.59 Å². The summed E-state index contributed by atoms with van der Waals surface area (Å²) in [5.41, 5.74) is 3.95. The monoisotopic (exact) mass is 775 g/mol. The molecule has 0 aliphatic carbocycles. The Bertz CT molecular complexity index is 1750. The third-order valence-corrected chi connectivity index (χ3v) is 11.4. The van der Waals surface area contributed by atoms with Gasteiger partial charge in [-0.2, -0.15) is 0 Å². The molecule has 0 aromatic carbocycles. The number of alkyl carbamates (subject to hydrolysis) is 2. The van der Waals surface area contributed by atoms with E-state index in [1.54, 1.807) is 12.3 Å². The number of hydrogen-bond donors (Lipinski definition) is 4. The van der Waals surface area contributed by atoms with Crippen molar-refractivity contribution in [3.63, 3.8) is 0 Å². The van der Waals surface area contributed by atoms with Gasteiger partial charge in [0.15, 0.2) is 0 Å². The number of imidazole rings is 2. The molecule has 0 bridgehead atoms. The minimum atomic E-state index is -0.696. The van der Waals surface area contributed by atoms with Crippen molar-refractivity contribution < 1.29 is 28.7 Å². The number of carbonyl (C=O) groups excluding carboxylic acids is 4. The zero-order valence-electron chi connectivity index (χ0n) is 34.1. The van der Waals surface area contributed by atoms with E-state index < -0.39 is 24.3 Å². The summed E-state index contributed by atoms with van der Waals surface area (Å²) in [6.45, 7) is 16.8. The van der Waals surface area contributed by atoms with Crippen LogP contribution in [0, 0.1) is 11.8 Å². The SMILES string of the molecule is C=C/C(=C\C=C(C)N1CCC(c2cnc(C3CCCN3C(=O)C(NC(=O)OC)C(C)C)[nH]2)CC1)c1cnc(C2CCCCN2C(=O)C(NC(=O)OC)C(C)C)[nH]1. The topological polar surface area (TPSA) is 178 Å². The van der Waals surface area contributed by atoms with Crippen molar-refractivity contribution in [2.45, 2.75) is 110 Å². The quantitative estimate of drug-likeness (QED) is 0.179. The highest BCUT2D eigenvalue weighted by molar-refractivity contribution is 5.87. The third-order valence-electron chi connectivity index (χ3n) is 11.4. The van der Waals surface area contributed by atoms with Crippen molar-refractivity contribution in [2.24, 2.45) is 11.8 Å². The lowest BCUT2D eigenvalue weighted by Gasteiger charge is -2.37. The van der Waals surface area contributed by atoms with E-state index in [4.69, 9.17) is 19.4 Å². The third kappa shape index (κ3) is 9.83. The van der Waals surface area contributed by atoms with E-state index in [-0.39, 0.29) is 35.7 Å². The standard InChI is InChI=1S/C41H61N9O6/c1-9-28(30-23-42-36(44-30)32-13-10-11-19-49(32)38(51)34(25(2)3)46-40(53)55-7)16-15-27(6)48-21-17-29(18-22-48)31-24-43-37(45-31)33-14-12-20-50(33)39(52)35(26(4)5)47-41(54)56-8/h9,15-16,23-26,29,32-35H,1,10-14,17-22H2,2-8H3,(H,42,44)(H,43,45)(H,46,53)(H,47,54)/b27-15?,28-16+. The molecular weight excluding hydrogens is 715 g/mol. The van der Waals surface area contributed by atoms with Gasteiger partial charge in [-0.3, -0.25) is 9.59 Å². The number of carbonyl (C=O) groups is 4. The summed E-state index contributed by atoms with van der Waals surface area (Å²) in [6.07, 6.45) is 14.7. The first-order valence-electron chi connectivity index (χ1n) is 20.0. The lowest BCUT2D eigenvalue weighted by molar-refractivity contribution is -0.138. The summed E-state index contributed by atoms with van der Waals surface area (Å²) < 4.78 is 9.55. The van der Waals surface area contributed by atoms with E-state index in [2.05, 4.69) is 45.1 Å². The van der Waals surface area contributed by atoms with E-state index in [0.717, 1.165) is 86.5 Å². The molecular formula is C41H61N9O6. The number of hydrogen-bond acceptors (Lipinski definition) is 9. The molecule has 3 fully saturated rings. The molecule has 56 heavy (non-hydrogen) atoms. The largest absolute Gasteiger partial charge is 0.453 e. The molecule has 3 aliphatic rings. The van der Waals surface area contributed by atoms with Crippen LogP contribution < -0.4 is 10.6 Å². The molecule has 306 valence electrons. The molecule has 4 atom stereocenters. The Kier molecular flexibility index (Phi) is 14.4. The van der Waals surface area contributed by atoms with Gasteiger partial charge in [0, 0.05) is 49.7 Å². The van der Waals surface area contributed by atoms with Crippen molar-refractivity contribution in [3.8, 4) is 0 Å². The molecule has 0 saturated carbocycles. The Hall–Kier alpha value is -5.08. The molecule has 3 saturated heterocycles. The number of nitrogens with zero attached hydrogens (tertiary/aromatic N) is 5. The van der Waals surface area contributed by atoms with Crippen LogP contribution in [0.1, 0.15) is 121 Å². The average Bonchev–Trinajstić information content (AvgIpc) is 4.00. The number of likely N-dealkylation sites (tertiary alicyclic amines) is 3. The van der Waals surface area contributed by atoms with Crippen LogP contribution in [0.5, 0.6) is 0 Å². The molecule has 5 heterocycles. The fraction of sp³-hybridized carbons (Fsp3) is 0.610. The number of methoxy groups -OCH3 is 2. The molecule has 2 aromatic heterocycles. The zero-order valence-corrected chi connectivity index (χ0v) is 34.1. The summed E-state index contributed by atoms with van der Waals surface area (Å²) in [7, 11) is 2.59. The van der Waals surface area contributed by atoms with Crippen molar-refractivity contribution in [1.29, 1.82) is 0 Å². The second kappa shape index (κ2) is 19.2. The second-order valence-corrected chi connectivity index (χ2v) is 15.7. The number of rotatable bonds is 13. The maximum absolute atomic E-state index is 13.7. The number of ether oxygens (including phenoxy) is 2. The Labute approximate surface area is 330 Å². The van der Waals surface area contributed by atoms with Crippen LogP contribution in [-0.4, -0.2) is 111 Å². The Morgan fingerprint density at radius 2 is 1.30 bits per heavy atom. The summed E-state index contributed by atoms with van der Waals surface area (Å²) in [6, 6.07) is -1.75. The predicted octanol–water partition coefficient (Wildman–Crippen LogP) is 5.96. The average molecular weight is 776 g/mol. The lowest BCUT2D eigenvalue weighted by atomic mass is 9.93. The van der Waals surface area contributed by atoms with Gasteiger partial charge in [-0.05, 0) is 75.4 Å². The van der Waals surface area contributed by atoms with Gasteiger partial charge in [0.25, 0.3) is 0 Å². The second-order valence-electron chi connectivity index (χ2n) is 15.7. The normalized spacial score (nSPS) is 20.9. The van der Waals surface area contributed by atoms with Gasteiger partial charge in [0.2, 0.25) is 11.8 Å². The molecule has 4 N–H and O–H groups in total. The van der Waals surface area contributed by atoms with E-state index in [9.17, 15) is 19.2 Å². The van der Waals surface area contributed by atoms with Crippen LogP contribution in [0.25, 0.3) is 5.57 Å². The highest BCUT2D eigenvalue weighted by atomic mass is 16.5. The lowest BCUT2D eigenvalue weighted by Crippen LogP contribution is -2.53. The fourth-order valence-corrected chi connectivity index (χ4v) is 8.06. The Morgan fingerprint density at radius 3 is 1.86 bits per heavy atom. The first-order chi connectivity index (χ1) is 26.9. The maximum Gasteiger partial charge on any atom is 0.407 e. The molecule has 5 rings (SSSR count). The number of nitrogens with one attached hydrogen (secondary N) is 4. The molecule has 15 nitrogen and oxygen atoms in total. The smallest absolute Gasteiger partial charge is 0.407 e. The van der Waals surface area contributed by atoms with Gasteiger partial charge in [0.05, 0.1) is 38.2 Å². The minimum absolute atomic E-state index is 0.0889. The van der Waals surface area contributed by atoms with Crippen LogP contribution in [-0.2, 0) is 19.1 Å². The predicted molar refractivity (Wildman–Crippen MR) is 213 cm³/mol. The van der Waals surface area contributed by atoms with Crippen molar-refractivity contribution in [3.05, 3.63) is 65.9 Å². The summed E-state index contributed by atoms with van der Waals surface area (Å²) >= 11 is 0. The van der Waals surface area contributed by atoms with Crippen molar-refractivity contribution >= 4 is 29.6 Å². The minimum Gasteiger partial charge on any atom is -0.453 e. The summed E-state index contributed by atoms with van der Waals surface area (Å²) in [5.74, 6) is 1.39. The molecule has 4 unspecified atom stereocenters. The number of piperidine rings is 2. The Morgan fingerprint density at radius 1 is 0.768 bits per heavy atom. The van der Waals surface area contributed by atoms with E-state index >= 15 is 0 Å². The van der Waals surface area contributed by atoms with Gasteiger partial charge in [0.1, 0.15) is 23.7 Å². The van der Waals surface area contributed by atoms with E-state index in [0.29, 0.717) is 24.8 Å². The molecule has 0 radical (unpaired) electrons. The first kappa shape index (κ1) is 42.1. The van der Waals surface area contributed by atoms with Gasteiger partial charge >= 0.3 is 12.2 Å². The molecule has 4 amide bonds. The van der Waals surface area contributed by atoms with Crippen molar-refractivity contribution in [2.75, 3.05) is 40.4 Å². The highest BCUT2D eigenvalue weighted by Gasteiger charge is 2.39. The van der Waals surface area contributed by atoms with Crippen LogP contribution in [0.15, 0.2) is 42.9 Å². The van der Waals surface area contributed by atoms with Gasteiger partial charge in [-0.15, -0.1) is 0 Å². The van der Waals surface area contributed by atoms with Crippen LogP contribution in [0.2, 0.25) is 0 Å². The van der Waals surface area contributed by atoms with Crippen LogP contribution in [0.3, 0.4) is 0 Å². The highest BCUT2D eigenvalue weighted by Crippen LogP contribution is 2.35. The number of aromatic nitrogens is 4. The summed E-state index contributed by atoms with van der Waals surface area (Å²) in [5, 5.41) is 5.43. The van der Waals surface area contributed by atoms with Gasteiger partial charge in [-0.1, -0.05) is 46.4 Å². The van der Waals surface area contributed by atoms with Gasteiger partial charge < -0.3 is 44.8 Å². The fourth-order valence-electron chi connectivity index (χ4n) is 8.06. The molecule has 0 spiro atoms. The Balaban J connectivity index is 1.20. The van der Waals surface area contributed by atoms with Gasteiger partial charge in [-0.25, -0.2) is 19.6 Å². The molecule has 3 aliphatic heterocycles. The number of amides is 4. The first-order valence-corrected chi connectivity index (χ1v) is 20.0. The van der Waals surface area contributed by atoms with Crippen LogP contribution >= 0.6 is 0 Å². The summed E-state index contributed by atoms with van der Waals surface area (Å²) in [4.78, 5) is 73.8. The number of aromatic amines is 2. The van der Waals surface area contributed by atoms with E-state index in [1.807, 2.05) is 49.8 Å².